The number of nitrogens with zero attached hydrogens (tertiary/aromatic N) is 1. The van der Waals surface area contributed by atoms with Gasteiger partial charge in [0, 0.05) is 0 Å². The molecule has 2 unspecified atom stereocenters. The highest BCUT2D eigenvalue weighted by molar-refractivity contribution is 5.91. The van der Waals surface area contributed by atoms with Gasteiger partial charge in [-0.15, -0.1) is 0 Å². The Morgan fingerprint density at radius 2 is 2.24 bits per heavy atom. The van der Waals surface area contributed by atoms with E-state index in [1.165, 1.54) is 0 Å². The highest BCUT2D eigenvalue weighted by atomic mass is 16.6. The van der Waals surface area contributed by atoms with E-state index in [1.807, 2.05) is 13.8 Å². The van der Waals surface area contributed by atoms with E-state index in [-0.39, 0.29) is 24.3 Å². The standard InChI is InChI=1S/C10H19N3O4/c1-6(2)8(9(11)13-15)12-10(14)7-5-16-3-4-17-7/h6-8,15H,3-5H2,1-2H3,(H2,11,13)(H,12,14). The van der Waals surface area contributed by atoms with E-state index in [0.717, 1.165) is 0 Å². The summed E-state index contributed by atoms with van der Waals surface area (Å²) in [6.07, 6.45) is -0.628. The third-order valence-electron chi connectivity index (χ3n) is 2.51. The molecular weight excluding hydrogens is 226 g/mol. The smallest absolute Gasteiger partial charge is 0.252 e. The maximum Gasteiger partial charge on any atom is 0.252 e. The second kappa shape index (κ2) is 6.41. The van der Waals surface area contributed by atoms with Crippen molar-refractivity contribution >= 4 is 11.7 Å². The molecule has 1 aliphatic rings. The third kappa shape index (κ3) is 3.86. The maximum absolute atomic E-state index is 11.8. The number of hydrogen-bond acceptors (Lipinski definition) is 5. The van der Waals surface area contributed by atoms with Gasteiger partial charge in [-0.05, 0) is 5.92 Å². The molecule has 1 heterocycles. The summed E-state index contributed by atoms with van der Waals surface area (Å²) in [7, 11) is 0. The van der Waals surface area contributed by atoms with Crippen LogP contribution in [-0.4, -0.2) is 48.9 Å². The lowest BCUT2D eigenvalue weighted by molar-refractivity contribution is -0.148. The Balaban J connectivity index is 2.57. The molecule has 0 bridgehead atoms. The van der Waals surface area contributed by atoms with Crippen LogP contribution in [0.5, 0.6) is 0 Å². The number of amidine groups is 1. The first-order chi connectivity index (χ1) is 8.06. The maximum atomic E-state index is 11.8. The SMILES string of the molecule is CC(C)C(NC(=O)C1COCCO1)C(N)=NO. The summed E-state index contributed by atoms with van der Waals surface area (Å²) in [5.41, 5.74) is 5.51. The Labute approximate surface area is 99.9 Å². The average Bonchev–Trinajstić information content (AvgIpc) is 2.35. The zero-order valence-electron chi connectivity index (χ0n) is 10.0. The fraction of sp³-hybridized carbons (Fsp3) is 0.800. The van der Waals surface area contributed by atoms with Crippen LogP contribution in [0.3, 0.4) is 0 Å². The molecule has 0 aliphatic carbocycles. The van der Waals surface area contributed by atoms with Crippen LogP contribution in [0.15, 0.2) is 5.16 Å². The summed E-state index contributed by atoms with van der Waals surface area (Å²) in [5.74, 6) is -0.320. The Hall–Kier alpha value is -1.34. The fourth-order valence-corrected chi connectivity index (χ4v) is 1.53. The van der Waals surface area contributed by atoms with E-state index < -0.39 is 12.1 Å². The molecule has 0 aromatic rings. The number of hydrogen-bond donors (Lipinski definition) is 3. The molecular formula is C10H19N3O4. The molecule has 1 rings (SSSR count). The largest absolute Gasteiger partial charge is 0.409 e. The van der Waals surface area contributed by atoms with Gasteiger partial charge in [0.15, 0.2) is 11.9 Å². The first kappa shape index (κ1) is 13.7. The van der Waals surface area contributed by atoms with Gasteiger partial charge in [-0.25, -0.2) is 0 Å². The van der Waals surface area contributed by atoms with Crippen LogP contribution in [0, 0.1) is 5.92 Å². The lowest BCUT2D eigenvalue weighted by Gasteiger charge is -2.26. The highest BCUT2D eigenvalue weighted by Gasteiger charge is 2.27. The summed E-state index contributed by atoms with van der Waals surface area (Å²) in [6.45, 7) is 4.85. The molecule has 2 atom stereocenters. The topological polar surface area (TPSA) is 106 Å². The quantitative estimate of drug-likeness (QED) is 0.262. The van der Waals surface area contributed by atoms with Gasteiger partial charge >= 0.3 is 0 Å². The summed E-state index contributed by atoms with van der Waals surface area (Å²) in [6, 6.07) is -0.516. The monoisotopic (exact) mass is 245 g/mol. The van der Waals surface area contributed by atoms with Crippen LogP contribution < -0.4 is 11.1 Å². The summed E-state index contributed by atoms with van der Waals surface area (Å²) in [4.78, 5) is 11.8. The molecule has 4 N–H and O–H groups in total. The average molecular weight is 245 g/mol. The van der Waals surface area contributed by atoms with Gasteiger partial charge in [0.1, 0.15) is 0 Å². The first-order valence-electron chi connectivity index (χ1n) is 5.53. The van der Waals surface area contributed by atoms with Gasteiger partial charge in [-0.2, -0.15) is 0 Å². The minimum absolute atomic E-state index is 0.0133. The zero-order valence-corrected chi connectivity index (χ0v) is 10.0. The predicted molar refractivity (Wildman–Crippen MR) is 60.7 cm³/mol. The van der Waals surface area contributed by atoms with Crippen molar-refractivity contribution in [3.05, 3.63) is 0 Å². The molecule has 98 valence electrons. The van der Waals surface area contributed by atoms with Gasteiger partial charge in [0.25, 0.3) is 5.91 Å². The van der Waals surface area contributed by atoms with Crippen molar-refractivity contribution in [2.75, 3.05) is 19.8 Å². The molecule has 7 heteroatoms. The third-order valence-corrected chi connectivity index (χ3v) is 2.51. The summed E-state index contributed by atoms with van der Waals surface area (Å²) in [5, 5.41) is 14.2. The van der Waals surface area contributed by atoms with Crippen molar-refractivity contribution < 1.29 is 19.5 Å². The molecule has 1 saturated heterocycles. The summed E-state index contributed by atoms with van der Waals surface area (Å²) >= 11 is 0. The van der Waals surface area contributed by atoms with Gasteiger partial charge in [-0.1, -0.05) is 19.0 Å². The molecule has 17 heavy (non-hydrogen) atoms. The van der Waals surface area contributed by atoms with Crippen LogP contribution in [0.2, 0.25) is 0 Å². The van der Waals surface area contributed by atoms with Crippen LogP contribution in [0.25, 0.3) is 0 Å². The number of nitrogens with two attached hydrogens (primary N) is 1. The van der Waals surface area contributed by atoms with Crippen molar-refractivity contribution in [1.29, 1.82) is 0 Å². The lowest BCUT2D eigenvalue weighted by atomic mass is 10.0. The number of amides is 1. The molecule has 7 nitrogen and oxygen atoms in total. The van der Waals surface area contributed by atoms with Crippen molar-refractivity contribution in [2.24, 2.45) is 16.8 Å². The molecule has 0 spiro atoms. The Morgan fingerprint density at radius 1 is 1.53 bits per heavy atom. The fourth-order valence-electron chi connectivity index (χ4n) is 1.53. The van der Waals surface area contributed by atoms with E-state index in [1.54, 1.807) is 0 Å². The van der Waals surface area contributed by atoms with E-state index in [9.17, 15) is 4.79 Å². The lowest BCUT2D eigenvalue weighted by Crippen LogP contribution is -2.53. The highest BCUT2D eigenvalue weighted by Crippen LogP contribution is 2.05. The molecule has 0 aromatic heterocycles. The first-order valence-corrected chi connectivity index (χ1v) is 5.53. The second-order valence-corrected chi connectivity index (χ2v) is 4.19. The Morgan fingerprint density at radius 3 is 2.71 bits per heavy atom. The summed E-state index contributed by atoms with van der Waals surface area (Å²) < 4.78 is 10.4. The molecule has 1 aliphatic heterocycles. The van der Waals surface area contributed by atoms with Crippen LogP contribution in [0.1, 0.15) is 13.8 Å². The predicted octanol–water partition coefficient (Wildman–Crippen LogP) is -0.711. The van der Waals surface area contributed by atoms with E-state index in [2.05, 4.69) is 10.5 Å². The Bertz CT molecular complexity index is 287. The van der Waals surface area contributed by atoms with Crippen molar-refractivity contribution in [1.82, 2.24) is 5.32 Å². The normalized spacial score (nSPS) is 23.5. The second-order valence-electron chi connectivity index (χ2n) is 4.19. The Kier molecular flexibility index (Phi) is 5.17. The van der Waals surface area contributed by atoms with Crippen LogP contribution in [0.4, 0.5) is 0 Å². The van der Waals surface area contributed by atoms with Crippen LogP contribution in [-0.2, 0) is 14.3 Å². The van der Waals surface area contributed by atoms with Crippen molar-refractivity contribution in [2.45, 2.75) is 26.0 Å². The molecule has 0 aromatic carbocycles. The zero-order chi connectivity index (χ0) is 12.8. The minimum Gasteiger partial charge on any atom is -0.409 e. The van der Waals surface area contributed by atoms with E-state index in [0.29, 0.717) is 13.2 Å². The number of nitrogens with one attached hydrogen (secondary N) is 1. The number of oxime groups is 1. The van der Waals surface area contributed by atoms with Gasteiger partial charge < -0.3 is 25.7 Å². The van der Waals surface area contributed by atoms with Crippen molar-refractivity contribution in [3.63, 3.8) is 0 Å². The molecule has 1 fully saturated rings. The van der Waals surface area contributed by atoms with Crippen molar-refractivity contribution in [3.8, 4) is 0 Å². The van der Waals surface area contributed by atoms with Gasteiger partial charge in [-0.3, -0.25) is 4.79 Å². The van der Waals surface area contributed by atoms with Gasteiger partial charge in [0.05, 0.1) is 25.9 Å². The number of rotatable bonds is 4. The van der Waals surface area contributed by atoms with Gasteiger partial charge in [0.2, 0.25) is 0 Å². The number of ether oxygens (including phenoxy) is 2. The minimum atomic E-state index is -0.628. The number of carbonyl (C=O) groups excluding carboxylic acids is 1. The molecule has 1 amide bonds. The van der Waals surface area contributed by atoms with E-state index in [4.69, 9.17) is 20.4 Å². The molecule has 0 radical (unpaired) electrons. The molecule has 0 saturated carbocycles. The van der Waals surface area contributed by atoms with Crippen LogP contribution >= 0.6 is 0 Å². The number of carbonyl (C=O) groups is 1. The van der Waals surface area contributed by atoms with E-state index >= 15 is 0 Å².